The summed E-state index contributed by atoms with van der Waals surface area (Å²) in [5.41, 5.74) is 1.00. The van der Waals surface area contributed by atoms with Crippen LogP contribution in [0.4, 0.5) is 0 Å². The number of rotatable bonds is 5. The van der Waals surface area contributed by atoms with Gasteiger partial charge < -0.3 is 14.4 Å². The molecule has 1 aromatic heterocycles. The van der Waals surface area contributed by atoms with E-state index in [4.69, 9.17) is 9.47 Å². The van der Waals surface area contributed by atoms with E-state index in [1.807, 2.05) is 42.5 Å². The van der Waals surface area contributed by atoms with Crippen LogP contribution in [0.2, 0.25) is 0 Å². The summed E-state index contributed by atoms with van der Waals surface area (Å²) in [6.07, 6.45) is 6.22. The number of carbonyl (C=O) groups is 1. The van der Waals surface area contributed by atoms with Gasteiger partial charge in [0.25, 0.3) is 0 Å². The second-order valence-corrected chi connectivity index (χ2v) is 7.09. The predicted molar refractivity (Wildman–Crippen MR) is 98.2 cm³/mol. The zero-order valence-corrected chi connectivity index (χ0v) is 15.0. The van der Waals surface area contributed by atoms with Gasteiger partial charge in [-0.1, -0.05) is 18.2 Å². The summed E-state index contributed by atoms with van der Waals surface area (Å²) in [6.45, 7) is 0. The van der Waals surface area contributed by atoms with Gasteiger partial charge in [0.15, 0.2) is 0 Å². The van der Waals surface area contributed by atoms with E-state index in [0.29, 0.717) is 12.3 Å². The highest BCUT2D eigenvalue weighted by Crippen LogP contribution is 2.37. The summed E-state index contributed by atoms with van der Waals surface area (Å²) in [5, 5.41) is 0. The molecule has 2 bridgehead atoms. The third-order valence-electron chi connectivity index (χ3n) is 5.39. The van der Waals surface area contributed by atoms with Gasteiger partial charge in [-0.05, 0) is 36.6 Å². The largest absolute Gasteiger partial charge is 0.497 e. The van der Waals surface area contributed by atoms with Crippen LogP contribution in [0.3, 0.4) is 0 Å². The van der Waals surface area contributed by atoms with Gasteiger partial charge in [-0.25, -0.2) is 4.98 Å². The lowest BCUT2D eigenvalue weighted by molar-refractivity contribution is -0.136. The first kappa shape index (κ1) is 16.9. The molecule has 2 unspecified atom stereocenters. The molecule has 2 aromatic rings. The molecule has 136 valence electrons. The van der Waals surface area contributed by atoms with E-state index in [-0.39, 0.29) is 24.1 Å². The summed E-state index contributed by atoms with van der Waals surface area (Å²) in [5.74, 6) is 1.68. The molecule has 5 heteroatoms. The van der Waals surface area contributed by atoms with E-state index in [9.17, 15) is 4.79 Å². The van der Waals surface area contributed by atoms with Gasteiger partial charge in [-0.15, -0.1) is 0 Å². The van der Waals surface area contributed by atoms with Crippen molar-refractivity contribution in [2.75, 3.05) is 7.11 Å². The number of ether oxygens (including phenoxy) is 2. The summed E-state index contributed by atoms with van der Waals surface area (Å²) in [6, 6.07) is 14.0. The fourth-order valence-corrected chi connectivity index (χ4v) is 4.27. The van der Waals surface area contributed by atoms with Gasteiger partial charge in [-0.3, -0.25) is 4.79 Å². The fourth-order valence-electron chi connectivity index (χ4n) is 4.27. The first-order valence-electron chi connectivity index (χ1n) is 9.24. The number of hydrogen-bond donors (Lipinski definition) is 0. The van der Waals surface area contributed by atoms with Gasteiger partial charge in [0.05, 0.1) is 13.5 Å². The zero-order valence-electron chi connectivity index (χ0n) is 15.0. The minimum atomic E-state index is 0.142. The lowest BCUT2D eigenvalue weighted by atomic mass is 9.98. The van der Waals surface area contributed by atoms with E-state index >= 15 is 0 Å². The summed E-state index contributed by atoms with van der Waals surface area (Å²) >= 11 is 0. The van der Waals surface area contributed by atoms with Gasteiger partial charge in [0.2, 0.25) is 11.8 Å². The molecule has 5 nitrogen and oxygen atoms in total. The Morgan fingerprint density at radius 1 is 1.15 bits per heavy atom. The Hall–Kier alpha value is -2.56. The van der Waals surface area contributed by atoms with Crippen molar-refractivity contribution >= 4 is 5.91 Å². The van der Waals surface area contributed by atoms with Gasteiger partial charge in [0.1, 0.15) is 11.9 Å². The molecule has 4 rings (SSSR count). The van der Waals surface area contributed by atoms with Crippen LogP contribution in [0.15, 0.2) is 48.7 Å². The molecule has 0 saturated carbocycles. The lowest BCUT2D eigenvalue weighted by Crippen LogP contribution is -2.49. The summed E-state index contributed by atoms with van der Waals surface area (Å²) in [7, 11) is 1.65. The van der Waals surface area contributed by atoms with Crippen molar-refractivity contribution in [2.45, 2.75) is 50.3 Å². The third kappa shape index (κ3) is 3.52. The number of fused-ring (bicyclic) bond motifs is 2. The molecule has 2 aliphatic heterocycles. The normalized spacial score (nSPS) is 24.3. The molecule has 1 amide bonds. The Balaban J connectivity index is 1.40. The van der Waals surface area contributed by atoms with Crippen molar-refractivity contribution in [2.24, 2.45) is 0 Å². The molecule has 2 fully saturated rings. The SMILES string of the molecule is COc1cccc(CC(=O)N2C3CCC2CC(Oc2ccccn2)C3)c1. The van der Waals surface area contributed by atoms with Crippen LogP contribution in [0.1, 0.15) is 31.2 Å². The highest BCUT2D eigenvalue weighted by molar-refractivity contribution is 5.80. The number of carbonyl (C=O) groups excluding carboxylic acids is 1. The first-order valence-corrected chi connectivity index (χ1v) is 9.24. The highest BCUT2D eigenvalue weighted by Gasteiger charge is 2.43. The minimum Gasteiger partial charge on any atom is -0.497 e. The molecule has 3 heterocycles. The number of pyridine rings is 1. The zero-order chi connectivity index (χ0) is 17.9. The van der Waals surface area contributed by atoms with Gasteiger partial charge >= 0.3 is 0 Å². The summed E-state index contributed by atoms with van der Waals surface area (Å²) < 4.78 is 11.3. The Bertz CT molecular complexity index is 751. The molecule has 1 aromatic carbocycles. The van der Waals surface area contributed by atoms with Crippen molar-refractivity contribution < 1.29 is 14.3 Å². The molecule has 0 aliphatic carbocycles. The second kappa shape index (κ2) is 7.36. The molecule has 0 radical (unpaired) electrons. The average molecular weight is 352 g/mol. The topological polar surface area (TPSA) is 51.7 Å². The van der Waals surface area contributed by atoms with Crippen LogP contribution in [0, 0.1) is 0 Å². The Kier molecular flexibility index (Phi) is 4.78. The molecule has 2 aliphatic rings. The molecule has 2 saturated heterocycles. The number of piperidine rings is 1. The van der Waals surface area contributed by atoms with E-state index < -0.39 is 0 Å². The molecule has 2 atom stereocenters. The molecule has 26 heavy (non-hydrogen) atoms. The number of amides is 1. The fraction of sp³-hybridized carbons (Fsp3) is 0.429. The number of aromatic nitrogens is 1. The van der Waals surface area contributed by atoms with E-state index in [1.165, 1.54) is 0 Å². The monoisotopic (exact) mass is 352 g/mol. The molecule has 0 N–H and O–H groups in total. The maximum atomic E-state index is 12.9. The summed E-state index contributed by atoms with van der Waals surface area (Å²) in [4.78, 5) is 19.3. The van der Waals surface area contributed by atoms with Crippen molar-refractivity contribution in [3.8, 4) is 11.6 Å². The molecule has 0 spiro atoms. The maximum Gasteiger partial charge on any atom is 0.227 e. The van der Waals surface area contributed by atoms with Crippen LogP contribution in [-0.2, 0) is 11.2 Å². The van der Waals surface area contributed by atoms with E-state index in [2.05, 4.69) is 9.88 Å². The third-order valence-corrected chi connectivity index (χ3v) is 5.39. The minimum absolute atomic E-state index is 0.142. The predicted octanol–water partition coefficient (Wildman–Crippen LogP) is 3.23. The maximum absolute atomic E-state index is 12.9. The van der Waals surface area contributed by atoms with Crippen LogP contribution in [0.25, 0.3) is 0 Å². The Labute approximate surface area is 153 Å². The van der Waals surface area contributed by atoms with Crippen molar-refractivity contribution in [1.82, 2.24) is 9.88 Å². The number of benzene rings is 1. The van der Waals surface area contributed by atoms with Gasteiger partial charge in [-0.2, -0.15) is 0 Å². The molecular weight excluding hydrogens is 328 g/mol. The van der Waals surface area contributed by atoms with Crippen LogP contribution in [-0.4, -0.2) is 41.1 Å². The number of methoxy groups -OCH3 is 1. The van der Waals surface area contributed by atoms with Gasteiger partial charge in [0, 0.05) is 37.2 Å². The van der Waals surface area contributed by atoms with Crippen molar-refractivity contribution in [1.29, 1.82) is 0 Å². The van der Waals surface area contributed by atoms with Crippen molar-refractivity contribution in [3.63, 3.8) is 0 Å². The quantitative estimate of drug-likeness (QED) is 0.829. The Morgan fingerprint density at radius 3 is 2.65 bits per heavy atom. The second-order valence-electron chi connectivity index (χ2n) is 7.09. The van der Waals surface area contributed by atoms with Crippen LogP contribution >= 0.6 is 0 Å². The average Bonchev–Trinajstić information content (AvgIpc) is 2.94. The first-order chi connectivity index (χ1) is 12.7. The number of hydrogen-bond acceptors (Lipinski definition) is 4. The standard InChI is InChI=1S/C21H24N2O3/c1-25-18-6-4-5-15(11-18)12-21(24)23-16-8-9-17(23)14-19(13-16)26-20-7-2-3-10-22-20/h2-7,10-11,16-17,19H,8-9,12-14H2,1H3. The Morgan fingerprint density at radius 2 is 1.96 bits per heavy atom. The highest BCUT2D eigenvalue weighted by atomic mass is 16.5. The smallest absolute Gasteiger partial charge is 0.227 e. The number of nitrogens with zero attached hydrogens (tertiary/aromatic N) is 2. The van der Waals surface area contributed by atoms with E-state index in [0.717, 1.165) is 37.0 Å². The van der Waals surface area contributed by atoms with Crippen molar-refractivity contribution in [3.05, 3.63) is 54.2 Å². The lowest BCUT2D eigenvalue weighted by Gasteiger charge is -2.38. The van der Waals surface area contributed by atoms with E-state index in [1.54, 1.807) is 13.3 Å². The van der Waals surface area contributed by atoms with Crippen LogP contribution < -0.4 is 9.47 Å². The van der Waals surface area contributed by atoms with Crippen LogP contribution in [0.5, 0.6) is 11.6 Å². The molecular formula is C21H24N2O3.